The van der Waals surface area contributed by atoms with E-state index in [9.17, 15) is 19.5 Å². The molecule has 1 aromatic carbocycles. The van der Waals surface area contributed by atoms with Gasteiger partial charge in [-0.3, -0.25) is 9.59 Å². The first-order valence-electron chi connectivity index (χ1n) is 8.40. The molecule has 0 bridgehead atoms. The topological polar surface area (TPSA) is 95.5 Å². The number of aliphatic carboxylic acids is 1. The van der Waals surface area contributed by atoms with Crippen molar-refractivity contribution in [3.05, 3.63) is 35.9 Å². The molecule has 0 aliphatic heterocycles. The van der Waals surface area contributed by atoms with Gasteiger partial charge in [0.05, 0.1) is 6.54 Å². The SMILES string of the molecule is O=C(CC1CCCCC1)NCC(=O)N[C@@H](C(=O)O)c1ccccc1. The molecule has 0 heterocycles. The number of carboxylic acids is 1. The number of hydrogen-bond acceptors (Lipinski definition) is 3. The van der Waals surface area contributed by atoms with E-state index < -0.39 is 17.9 Å². The van der Waals surface area contributed by atoms with Gasteiger partial charge in [0.25, 0.3) is 0 Å². The number of carbonyl (C=O) groups is 3. The lowest BCUT2D eigenvalue weighted by Crippen LogP contribution is -2.41. The molecule has 6 nitrogen and oxygen atoms in total. The van der Waals surface area contributed by atoms with Gasteiger partial charge in [-0.2, -0.15) is 0 Å². The second-order valence-electron chi connectivity index (χ2n) is 6.23. The fourth-order valence-electron chi connectivity index (χ4n) is 3.05. The summed E-state index contributed by atoms with van der Waals surface area (Å²) in [5.74, 6) is -1.40. The molecule has 3 N–H and O–H groups in total. The Kier molecular flexibility index (Phi) is 6.78. The van der Waals surface area contributed by atoms with Gasteiger partial charge in [-0.05, 0) is 24.3 Å². The molecule has 1 aliphatic carbocycles. The van der Waals surface area contributed by atoms with Crippen molar-refractivity contribution in [2.75, 3.05) is 6.54 Å². The predicted octanol–water partition coefficient (Wildman–Crippen LogP) is 2.02. The number of amides is 2. The van der Waals surface area contributed by atoms with Crippen LogP contribution < -0.4 is 10.6 Å². The zero-order valence-corrected chi connectivity index (χ0v) is 13.7. The maximum Gasteiger partial charge on any atom is 0.330 e. The second-order valence-corrected chi connectivity index (χ2v) is 6.23. The molecule has 0 saturated heterocycles. The molecule has 1 fully saturated rings. The van der Waals surface area contributed by atoms with Crippen molar-refractivity contribution < 1.29 is 19.5 Å². The Labute approximate surface area is 141 Å². The average Bonchev–Trinajstić information content (AvgIpc) is 2.59. The van der Waals surface area contributed by atoms with E-state index in [2.05, 4.69) is 10.6 Å². The van der Waals surface area contributed by atoms with Gasteiger partial charge in [-0.15, -0.1) is 0 Å². The molecule has 2 rings (SSSR count). The minimum absolute atomic E-state index is 0.149. The molecule has 0 aromatic heterocycles. The van der Waals surface area contributed by atoms with Crippen LogP contribution in [0.3, 0.4) is 0 Å². The first kappa shape index (κ1) is 18.0. The smallest absolute Gasteiger partial charge is 0.330 e. The van der Waals surface area contributed by atoms with Crippen molar-refractivity contribution in [1.29, 1.82) is 0 Å². The van der Waals surface area contributed by atoms with Gasteiger partial charge in [0.15, 0.2) is 6.04 Å². The normalized spacial score (nSPS) is 16.2. The predicted molar refractivity (Wildman–Crippen MR) is 89.2 cm³/mol. The van der Waals surface area contributed by atoms with Gasteiger partial charge in [0, 0.05) is 6.42 Å². The highest BCUT2D eigenvalue weighted by Gasteiger charge is 2.22. The summed E-state index contributed by atoms with van der Waals surface area (Å²) >= 11 is 0. The molecule has 1 saturated carbocycles. The standard InChI is InChI=1S/C18H24N2O4/c21-15(11-13-7-3-1-4-8-13)19-12-16(22)20-17(18(23)24)14-9-5-2-6-10-14/h2,5-6,9-10,13,17H,1,3-4,7-8,11-12H2,(H,19,21)(H,20,22)(H,23,24)/t17-/m1/s1. The Morgan fingerprint density at radius 1 is 1.04 bits per heavy atom. The van der Waals surface area contributed by atoms with E-state index in [1.807, 2.05) is 0 Å². The lowest BCUT2D eigenvalue weighted by atomic mass is 9.87. The molecule has 0 radical (unpaired) electrons. The fraction of sp³-hybridized carbons (Fsp3) is 0.500. The Morgan fingerprint density at radius 3 is 2.33 bits per heavy atom. The van der Waals surface area contributed by atoms with E-state index in [-0.39, 0.29) is 12.5 Å². The van der Waals surface area contributed by atoms with Gasteiger partial charge in [0.2, 0.25) is 11.8 Å². The summed E-state index contributed by atoms with van der Waals surface area (Å²) in [7, 11) is 0. The van der Waals surface area contributed by atoms with Gasteiger partial charge in [-0.25, -0.2) is 4.79 Å². The average molecular weight is 332 g/mol. The molecule has 6 heteroatoms. The summed E-state index contributed by atoms with van der Waals surface area (Å²) in [6.45, 7) is -0.206. The largest absolute Gasteiger partial charge is 0.479 e. The quantitative estimate of drug-likeness (QED) is 0.712. The van der Waals surface area contributed by atoms with Crippen LogP contribution in [0.4, 0.5) is 0 Å². The van der Waals surface area contributed by atoms with Crippen LogP contribution in [0.1, 0.15) is 50.1 Å². The van der Waals surface area contributed by atoms with Crippen molar-refractivity contribution in [3.8, 4) is 0 Å². The third kappa shape index (κ3) is 5.68. The molecule has 24 heavy (non-hydrogen) atoms. The Balaban J connectivity index is 1.78. The summed E-state index contributed by atoms with van der Waals surface area (Å²) in [6, 6.07) is 7.36. The molecule has 1 aromatic rings. The zero-order chi connectivity index (χ0) is 17.4. The minimum Gasteiger partial charge on any atom is -0.479 e. The molecule has 130 valence electrons. The summed E-state index contributed by atoms with van der Waals surface area (Å²) in [5, 5.41) is 14.3. The zero-order valence-electron chi connectivity index (χ0n) is 13.7. The maximum atomic E-state index is 11.9. The van der Waals surface area contributed by atoms with Gasteiger partial charge in [0.1, 0.15) is 0 Å². The highest BCUT2D eigenvalue weighted by molar-refractivity contribution is 5.88. The first-order chi connectivity index (χ1) is 11.6. The van der Waals surface area contributed by atoms with Crippen molar-refractivity contribution in [3.63, 3.8) is 0 Å². The highest BCUT2D eigenvalue weighted by atomic mass is 16.4. The number of hydrogen-bond donors (Lipinski definition) is 3. The first-order valence-corrected chi connectivity index (χ1v) is 8.40. The van der Waals surface area contributed by atoms with Crippen molar-refractivity contribution in [1.82, 2.24) is 10.6 Å². The fourth-order valence-corrected chi connectivity index (χ4v) is 3.05. The van der Waals surface area contributed by atoms with Crippen LogP contribution in [-0.4, -0.2) is 29.4 Å². The Bertz CT molecular complexity index is 568. The van der Waals surface area contributed by atoms with Gasteiger partial charge in [-0.1, -0.05) is 49.6 Å². The van der Waals surface area contributed by atoms with E-state index in [0.29, 0.717) is 17.9 Å². The van der Waals surface area contributed by atoms with Crippen LogP contribution in [0.5, 0.6) is 0 Å². The van der Waals surface area contributed by atoms with Crippen LogP contribution >= 0.6 is 0 Å². The molecule has 0 spiro atoms. The number of nitrogens with one attached hydrogen (secondary N) is 2. The molecule has 1 atom stereocenters. The van der Waals surface area contributed by atoms with Crippen LogP contribution in [-0.2, 0) is 14.4 Å². The number of rotatable bonds is 7. The molecule has 1 aliphatic rings. The van der Waals surface area contributed by atoms with E-state index in [1.54, 1.807) is 30.3 Å². The summed E-state index contributed by atoms with van der Waals surface area (Å²) in [6.07, 6.45) is 6.12. The van der Waals surface area contributed by atoms with Crippen molar-refractivity contribution in [2.45, 2.75) is 44.6 Å². The number of benzene rings is 1. The molecule has 0 unspecified atom stereocenters. The lowest BCUT2D eigenvalue weighted by Gasteiger charge is -2.21. The third-order valence-electron chi connectivity index (χ3n) is 4.33. The van der Waals surface area contributed by atoms with Crippen LogP contribution in [0.15, 0.2) is 30.3 Å². The molecular formula is C18H24N2O4. The van der Waals surface area contributed by atoms with Crippen LogP contribution in [0.25, 0.3) is 0 Å². The minimum atomic E-state index is -1.14. The van der Waals surface area contributed by atoms with Crippen LogP contribution in [0.2, 0.25) is 0 Å². The van der Waals surface area contributed by atoms with E-state index in [4.69, 9.17) is 0 Å². The molecule has 2 amide bonds. The Hall–Kier alpha value is -2.37. The molecular weight excluding hydrogens is 308 g/mol. The Morgan fingerprint density at radius 2 is 1.71 bits per heavy atom. The lowest BCUT2D eigenvalue weighted by molar-refractivity contribution is -0.142. The van der Waals surface area contributed by atoms with E-state index in [1.165, 1.54) is 6.42 Å². The van der Waals surface area contributed by atoms with E-state index in [0.717, 1.165) is 25.7 Å². The summed E-state index contributed by atoms with van der Waals surface area (Å²) in [4.78, 5) is 35.2. The van der Waals surface area contributed by atoms with Gasteiger partial charge < -0.3 is 15.7 Å². The van der Waals surface area contributed by atoms with Crippen molar-refractivity contribution in [2.24, 2.45) is 5.92 Å². The second kappa shape index (κ2) is 9.05. The monoisotopic (exact) mass is 332 g/mol. The van der Waals surface area contributed by atoms with Crippen LogP contribution in [0, 0.1) is 5.92 Å². The van der Waals surface area contributed by atoms with Gasteiger partial charge >= 0.3 is 5.97 Å². The number of carbonyl (C=O) groups excluding carboxylic acids is 2. The van der Waals surface area contributed by atoms with Crippen molar-refractivity contribution >= 4 is 17.8 Å². The summed E-state index contributed by atoms with van der Waals surface area (Å²) in [5.41, 5.74) is 0.492. The highest BCUT2D eigenvalue weighted by Crippen LogP contribution is 2.25. The van der Waals surface area contributed by atoms with E-state index >= 15 is 0 Å². The summed E-state index contributed by atoms with van der Waals surface area (Å²) < 4.78 is 0. The third-order valence-corrected chi connectivity index (χ3v) is 4.33. The maximum absolute atomic E-state index is 11.9. The number of carboxylic acid groups (broad SMARTS) is 1.